The number of carboxylic acid groups (broad SMARTS) is 1. The number of aliphatic hydroxyl groups excluding tert-OH is 1. The second-order valence-corrected chi connectivity index (χ2v) is 32.5. The van der Waals surface area contributed by atoms with E-state index in [0.717, 1.165) is 92.6 Å². The van der Waals surface area contributed by atoms with Crippen LogP contribution in [-0.2, 0) is 95.3 Å². The van der Waals surface area contributed by atoms with Crippen LogP contribution in [0.3, 0.4) is 0 Å². The number of aliphatic carboxylic acids is 1. The molecule has 6 heterocycles. The number of nitrogens with zero attached hydrogens (tertiary/aromatic N) is 12. The lowest BCUT2D eigenvalue weighted by molar-refractivity contribution is -0.148. The van der Waals surface area contributed by atoms with Gasteiger partial charge >= 0.3 is 40.9 Å². The predicted molar refractivity (Wildman–Crippen MR) is 446 cm³/mol. The molecule has 624 valence electrons. The largest absolute Gasteiger partial charge is 0.481 e. The van der Waals surface area contributed by atoms with Gasteiger partial charge in [0.1, 0.15) is 0 Å². The van der Waals surface area contributed by atoms with Gasteiger partial charge in [-0.2, -0.15) is 9.97 Å². The van der Waals surface area contributed by atoms with Crippen LogP contribution < -0.4 is 61.6 Å². The minimum atomic E-state index is -0.692. The van der Waals surface area contributed by atoms with E-state index in [0.29, 0.717) is 116 Å². The van der Waals surface area contributed by atoms with E-state index in [1.54, 1.807) is 118 Å². The number of rotatable bonds is 16. The summed E-state index contributed by atoms with van der Waals surface area (Å²) in [4.78, 5) is 135. The van der Waals surface area contributed by atoms with Gasteiger partial charge in [0.05, 0.1) is 94.3 Å². The molecule has 115 heavy (non-hydrogen) atoms. The third kappa shape index (κ3) is 21.7. The van der Waals surface area contributed by atoms with Crippen molar-refractivity contribution in [2.24, 2.45) is 89.1 Å². The number of aromatic nitrogens is 12. The quantitative estimate of drug-likeness (QED) is 0.0270. The summed E-state index contributed by atoms with van der Waals surface area (Å²) in [5.41, 5.74) is 18.1. The van der Waals surface area contributed by atoms with Gasteiger partial charge in [0, 0.05) is 79.1 Å². The molecule has 5 aliphatic rings. The summed E-state index contributed by atoms with van der Waals surface area (Å²) in [7, 11) is 12.8. The molecule has 14 rings (SSSR count). The normalized spacial score (nSPS) is 20.7. The minimum Gasteiger partial charge on any atom is -0.481 e. The molecule has 10 N–H and O–H groups in total. The molecule has 0 amide bonds. The molecule has 39 heteroatoms. The number of aliphatic hydroxyl groups is 1. The zero-order chi connectivity index (χ0) is 84.3. The molecule has 0 unspecified atom stereocenters. The van der Waals surface area contributed by atoms with Gasteiger partial charge in [-0.25, -0.2) is 19.4 Å². The molecule has 9 aromatic rings. The van der Waals surface area contributed by atoms with Crippen molar-refractivity contribution < 1.29 is 43.6 Å². The van der Waals surface area contributed by atoms with Crippen molar-refractivity contribution in [3.05, 3.63) is 169 Å². The third-order valence-corrected chi connectivity index (χ3v) is 24.3. The summed E-state index contributed by atoms with van der Waals surface area (Å²) in [6, 6.07) is 15.8. The predicted octanol–water partition coefficient (Wildman–Crippen LogP) is 8.62. The monoisotopic (exact) mass is 1780 g/mol. The summed E-state index contributed by atoms with van der Waals surface area (Å²) in [6.45, 7) is 2.56. The number of imidazole rings is 3. The van der Waals surface area contributed by atoms with Gasteiger partial charge in [-0.05, 0) is 178 Å². The topological polar surface area (TPSA) is 424 Å². The molecule has 5 fully saturated rings. The summed E-state index contributed by atoms with van der Waals surface area (Å²) in [5.74, 6) is 0.0324. The van der Waals surface area contributed by atoms with Crippen LogP contribution >= 0.6 is 85.5 Å². The fraction of sp³-hybridized carbons (Fsp3) is 0.513. The minimum absolute atomic E-state index is 0.0189. The molecule has 0 aliphatic heterocycles. The molecule has 32 nitrogen and oxygen atoms in total. The maximum absolute atomic E-state index is 13.3. The molecule has 5 aliphatic carbocycles. The number of anilines is 2. The number of carboxylic acids is 1. The van der Waals surface area contributed by atoms with Crippen LogP contribution in [0.2, 0.25) is 30.1 Å². The lowest BCUT2D eigenvalue weighted by atomic mass is 10.1. The van der Waals surface area contributed by atoms with Crippen LogP contribution in [0.25, 0.3) is 33.5 Å². The molecule has 10 atom stereocenters. The lowest BCUT2D eigenvalue weighted by Crippen LogP contribution is -2.39. The van der Waals surface area contributed by atoms with Crippen molar-refractivity contribution in [1.29, 1.82) is 0 Å². The lowest BCUT2D eigenvalue weighted by Gasteiger charge is -2.13. The summed E-state index contributed by atoms with van der Waals surface area (Å²) < 4.78 is 27.3. The average Bonchev–Trinajstić information content (AvgIpc) is 1.64. The van der Waals surface area contributed by atoms with Crippen molar-refractivity contribution >= 4 is 155 Å². The van der Waals surface area contributed by atoms with E-state index < -0.39 is 39.7 Å². The van der Waals surface area contributed by atoms with Crippen molar-refractivity contribution in [2.75, 3.05) is 38.1 Å². The molecule has 0 bridgehead atoms. The summed E-state index contributed by atoms with van der Waals surface area (Å²) in [5, 5.41) is 26.8. The van der Waals surface area contributed by atoms with Crippen LogP contribution in [-0.4, -0.2) is 148 Å². The highest BCUT2D eigenvalue weighted by Gasteiger charge is 2.34. The number of halogens is 7. The number of nitrogens with one attached hydrogen (secondary N) is 2. The number of carbonyl (C=O) groups excluding carboxylic acids is 3. The Bertz CT molecular complexity index is 5430. The second-order valence-electron chi connectivity index (χ2n) is 29.4. The Hall–Kier alpha value is -8.35. The maximum Gasteiger partial charge on any atom is 0.332 e. The number of hydrogen-bond acceptors (Lipinski definition) is 22. The average molecular weight is 1780 g/mol. The Kier molecular flexibility index (Phi) is 31.7. The highest BCUT2D eigenvalue weighted by atomic mass is 79.9. The standard InChI is InChI=1S/C22H25Cl2N5O4.C20H23Cl2N5O3.C14H11BrCl2N4O2.2C7H13NO2.C6H11NO2/c1-4-33-20(31)13-6-7-14(10-13)25-21-26-18-17(27(21)2)19(30)29(22(32)28(18)3)11-12-5-8-15(23)16(24)9-12;1-25-16-17(24-19(25)23-13-5-3-12(7-13)10-28)26(2)20(30)27(18(16)29)9-11-4-6-14(21)15(22)8-11;1-19-10-11(18-13(19)15)20(2)14(23)21(12(10)22)6-7-3-4-8(16)9(17)5-7;2*1-10-7(9)5-2-3-6(8)4-5;7-5-2-1-4(3-5)6(8)9/h5,8-9,13-14H,4,6-7,10-11H2,1-3H3,(H,25,26);4,6,8,12-13,28H,3,5,7,9-10H2,1-2H3,(H,23,24);3-5H,6H2,1-2H3;2*5-6H,2-4,8H2,1H3;4-5H,1-3,7H2,(H,8,9)/t13-,14+;12-,13+;;2*5-,6+;4-,5+/m11.111/s1. The number of esters is 3. The molecule has 3 aromatic carbocycles. The van der Waals surface area contributed by atoms with Gasteiger partial charge in [-0.3, -0.25) is 61.0 Å². The first-order chi connectivity index (χ1) is 54.5. The van der Waals surface area contributed by atoms with Crippen LogP contribution in [0.1, 0.15) is 120 Å². The van der Waals surface area contributed by atoms with Crippen LogP contribution in [0.15, 0.2) is 88.1 Å². The zero-order valence-corrected chi connectivity index (χ0v) is 71.2. The number of carbonyl (C=O) groups is 4. The Balaban J connectivity index is 0.000000169. The molecular weight excluding hydrogens is 1680 g/mol. The SMILES string of the molecule is CCOC(=O)[C@@H]1CC[C@H](Nc2nc3c(c(=O)n(Cc4ccc(Cl)c(Cl)c4)c(=O)n3C)n2C)C1.COC(=O)[C@@H]1CC[C@H](N)C1.COC(=O)[C@@H]1CC[C@H](N)C1.Cn1c(Br)nc2c1c(=O)n(Cc1ccc(Cl)c(Cl)c1)c(=O)n2C.Cn1c(N[C@H]2CC[C@@H](CO)C2)nc2c1c(=O)n(Cc1ccc(Cl)c(Cl)c1)c(=O)n2C.N[C@H]1CC[C@@H](C(=O)O)C1. The maximum atomic E-state index is 13.3. The van der Waals surface area contributed by atoms with Gasteiger partial charge in [-0.15, -0.1) is 0 Å². The number of aryl methyl sites for hydroxylation is 6. The van der Waals surface area contributed by atoms with Gasteiger partial charge in [0.2, 0.25) is 11.9 Å². The van der Waals surface area contributed by atoms with Gasteiger partial charge in [0.15, 0.2) is 38.2 Å². The first kappa shape index (κ1) is 90.6. The van der Waals surface area contributed by atoms with Crippen LogP contribution in [0.5, 0.6) is 0 Å². The van der Waals surface area contributed by atoms with E-state index >= 15 is 0 Å². The zero-order valence-electron chi connectivity index (χ0n) is 65.1. The number of methoxy groups -OCH3 is 2. The Morgan fingerprint density at radius 3 is 1.12 bits per heavy atom. The summed E-state index contributed by atoms with van der Waals surface area (Å²) in [6.07, 6.45) is 12.5. The van der Waals surface area contributed by atoms with Crippen LogP contribution in [0.4, 0.5) is 11.9 Å². The van der Waals surface area contributed by atoms with Crippen molar-refractivity contribution in [1.82, 2.24) is 56.1 Å². The number of ether oxygens (including phenoxy) is 3. The van der Waals surface area contributed by atoms with Crippen molar-refractivity contribution in [3.63, 3.8) is 0 Å². The van der Waals surface area contributed by atoms with E-state index in [4.69, 9.17) is 96.7 Å². The molecule has 5 saturated carbocycles. The fourth-order valence-corrected chi connectivity index (χ4v) is 16.1. The first-order valence-corrected chi connectivity index (χ1v) is 40.5. The van der Waals surface area contributed by atoms with E-state index in [2.05, 4.69) is 51.0 Å². The van der Waals surface area contributed by atoms with Crippen LogP contribution in [0, 0.1) is 29.6 Å². The second kappa shape index (κ2) is 40.2. The van der Waals surface area contributed by atoms with Gasteiger partial charge < -0.3 is 66.0 Å². The van der Waals surface area contributed by atoms with Gasteiger partial charge in [0.25, 0.3) is 16.7 Å². The van der Waals surface area contributed by atoms with E-state index in [1.807, 2.05) is 0 Å². The molecule has 6 aromatic heterocycles. The van der Waals surface area contributed by atoms with Crippen molar-refractivity contribution in [2.45, 2.75) is 153 Å². The molecule has 0 radical (unpaired) electrons. The highest BCUT2D eigenvalue weighted by Crippen LogP contribution is 2.33. The Morgan fingerprint density at radius 1 is 0.461 bits per heavy atom. The molecule has 0 saturated heterocycles. The van der Waals surface area contributed by atoms with Crippen molar-refractivity contribution in [3.8, 4) is 0 Å². The fourth-order valence-electron chi connectivity index (χ4n) is 14.8. The first-order valence-electron chi connectivity index (χ1n) is 37.4. The van der Waals surface area contributed by atoms with Gasteiger partial charge in [-0.1, -0.05) is 87.8 Å². The third-order valence-electron chi connectivity index (χ3n) is 21.4. The van der Waals surface area contributed by atoms with E-state index in [1.165, 1.54) is 32.5 Å². The number of hydrogen-bond donors (Lipinski definition) is 7. The highest BCUT2D eigenvalue weighted by molar-refractivity contribution is 9.10. The van der Waals surface area contributed by atoms with E-state index in [9.17, 15) is 53.1 Å². The number of nitrogens with two attached hydrogens (primary N) is 3. The molecule has 0 spiro atoms. The Morgan fingerprint density at radius 2 is 0.800 bits per heavy atom. The number of benzene rings is 3. The number of fused-ring (bicyclic) bond motifs is 3. The summed E-state index contributed by atoms with van der Waals surface area (Å²) >= 11 is 39.2. The Labute approximate surface area is 698 Å². The molecular formula is C76H96BrCl6N17O15. The smallest absolute Gasteiger partial charge is 0.332 e. The van der Waals surface area contributed by atoms with E-state index in [-0.39, 0.29) is 104 Å².